The van der Waals surface area contributed by atoms with Gasteiger partial charge in [-0.1, -0.05) is 147 Å². The van der Waals surface area contributed by atoms with Gasteiger partial charge >= 0.3 is 0 Å². The highest BCUT2D eigenvalue weighted by molar-refractivity contribution is 5.88. The van der Waals surface area contributed by atoms with E-state index in [1.165, 1.54) is 38.9 Å². The van der Waals surface area contributed by atoms with E-state index in [2.05, 4.69) is 165 Å². The summed E-state index contributed by atoms with van der Waals surface area (Å²) >= 11 is 0. The van der Waals surface area contributed by atoms with Gasteiger partial charge in [0.1, 0.15) is 0 Å². The number of allylic oxidation sites excluding steroid dienone is 1. The molecule has 0 aromatic heterocycles. The molecule has 0 aliphatic heterocycles. The summed E-state index contributed by atoms with van der Waals surface area (Å²) in [4.78, 5) is 0. The standard InChI is InChI=1S/C43H39N3/c1-43(2)39-22-11-9-21-37(39)38-29-34(25-26-40(38)43)36-20-10-12-23-41(36)45-35-19-13-16-32(28-35)30-46(44)42(33-17-7-4-8-18-33)27-24-31-14-5-3-6-15-31/h3-23,25-29,45H,24,30,44H2,1-2H3/b42-27-. The van der Waals surface area contributed by atoms with E-state index < -0.39 is 0 Å². The first kappa shape index (κ1) is 29.3. The Kier molecular flexibility index (Phi) is 8.00. The summed E-state index contributed by atoms with van der Waals surface area (Å²) in [5.41, 5.74) is 14.4. The van der Waals surface area contributed by atoms with Crippen molar-refractivity contribution in [2.75, 3.05) is 5.32 Å². The van der Waals surface area contributed by atoms with Crippen LogP contribution in [-0.2, 0) is 18.4 Å². The van der Waals surface area contributed by atoms with Crippen LogP contribution < -0.4 is 11.2 Å². The van der Waals surface area contributed by atoms with E-state index in [1.807, 2.05) is 17.1 Å². The molecule has 0 bridgehead atoms. The molecule has 0 amide bonds. The number of nitrogens with one attached hydrogen (secondary N) is 1. The van der Waals surface area contributed by atoms with Gasteiger partial charge in [-0.2, -0.15) is 0 Å². The number of fused-ring (bicyclic) bond motifs is 3. The maximum Gasteiger partial charge on any atom is 0.0593 e. The lowest BCUT2D eigenvalue weighted by atomic mass is 9.82. The third-order valence-corrected chi connectivity index (χ3v) is 9.13. The van der Waals surface area contributed by atoms with Gasteiger partial charge in [0.05, 0.1) is 12.2 Å². The van der Waals surface area contributed by atoms with Crippen LogP contribution in [0.4, 0.5) is 11.4 Å². The van der Waals surface area contributed by atoms with Crippen molar-refractivity contribution in [2.45, 2.75) is 32.2 Å². The van der Waals surface area contributed by atoms with Gasteiger partial charge in [-0.3, -0.25) is 0 Å². The van der Waals surface area contributed by atoms with E-state index in [0.29, 0.717) is 6.54 Å². The van der Waals surface area contributed by atoms with Crippen LogP contribution in [0.3, 0.4) is 0 Å². The molecule has 0 radical (unpaired) electrons. The van der Waals surface area contributed by atoms with Gasteiger partial charge in [0.25, 0.3) is 0 Å². The molecule has 3 N–H and O–H groups in total. The fourth-order valence-electron chi connectivity index (χ4n) is 6.75. The summed E-state index contributed by atoms with van der Waals surface area (Å²) in [6.07, 6.45) is 3.03. The first-order chi connectivity index (χ1) is 22.5. The number of benzene rings is 6. The van der Waals surface area contributed by atoms with Crippen LogP contribution in [0, 0.1) is 0 Å². The first-order valence-electron chi connectivity index (χ1n) is 16.0. The van der Waals surface area contributed by atoms with Crippen molar-refractivity contribution in [3.63, 3.8) is 0 Å². The molecule has 1 aliphatic carbocycles. The molecule has 0 heterocycles. The molecule has 7 rings (SSSR count). The summed E-state index contributed by atoms with van der Waals surface area (Å²) < 4.78 is 0. The summed E-state index contributed by atoms with van der Waals surface area (Å²) in [6.45, 7) is 5.22. The Morgan fingerprint density at radius 3 is 2.09 bits per heavy atom. The molecule has 0 atom stereocenters. The van der Waals surface area contributed by atoms with Gasteiger partial charge in [-0.15, -0.1) is 0 Å². The molecule has 6 aromatic carbocycles. The zero-order chi connectivity index (χ0) is 31.5. The average Bonchev–Trinajstić information content (AvgIpc) is 3.32. The molecular weight excluding hydrogens is 558 g/mol. The summed E-state index contributed by atoms with van der Waals surface area (Å²) in [6, 6.07) is 53.7. The van der Waals surface area contributed by atoms with E-state index in [0.717, 1.165) is 34.6 Å². The number of nitrogens with zero attached hydrogens (tertiary/aromatic N) is 1. The highest BCUT2D eigenvalue weighted by atomic mass is 15.4. The van der Waals surface area contributed by atoms with Crippen molar-refractivity contribution < 1.29 is 0 Å². The molecule has 0 spiro atoms. The van der Waals surface area contributed by atoms with Crippen LogP contribution in [0.15, 0.2) is 158 Å². The van der Waals surface area contributed by atoms with Gasteiger partial charge in [-0.05, 0) is 75.2 Å². The lowest BCUT2D eigenvalue weighted by Crippen LogP contribution is -2.29. The van der Waals surface area contributed by atoms with Crippen molar-refractivity contribution >= 4 is 17.1 Å². The monoisotopic (exact) mass is 597 g/mol. The minimum absolute atomic E-state index is 0.00332. The highest BCUT2D eigenvalue weighted by Crippen LogP contribution is 2.49. The SMILES string of the molecule is CC1(C)c2ccccc2-c2cc(-c3ccccc3Nc3cccc(CN(N)/C(=C\Cc4ccccc4)c4ccccc4)c3)ccc21. The van der Waals surface area contributed by atoms with Crippen LogP contribution in [0.5, 0.6) is 0 Å². The molecule has 0 saturated heterocycles. The number of nitrogens with two attached hydrogens (primary N) is 1. The van der Waals surface area contributed by atoms with E-state index in [1.54, 1.807) is 0 Å². The molecule has 3 nitrogen and oxygen atoms in total. The number of rotatable bonds is 9. The second-order valence-corrected chi connectivity index (χ2v) is 12.6. The summed E-state index contributed by atoms with van der Waals surface area (Å²) in [5, 5.41) is 5.58. The predicted octanol–water partition coefficient (Wildman–Crippen LogP) is 10.4. The van der Waals surface area contributed by atoms with Gasteiger partial charge in [0, 0.05) is 22.4 Å². The average molecular weight is 598 g/mol. The molecule has 46 heavy (non-hydrogen) atoms. The number of hydrazine groups is 1. The normalized spacial score (nSPS) is 13.2. The zero-order valence-corrected chi connectivity index (χ0v) is 26.4. The third kappa shape index (κ3) is 5.85. The summed E-state index contributed by atoms with van der Waals surface area (Å²) in [7, 11) is 0. The Morgan fingerprint density at radius 2 is 1.28 bits per heavy atom. The van der Waals surface area contributed by atoms with Crippen LogP contribution in [0.1, 0.15) is 41.7 Å². The smallest absolute Gasteiger partial charge is 0.0593 e. The first-order valence-corrected chi connectivity index (χ1v) is 16.0. The topological polar surface area (TPSA) is 41.3 Å². The van der Waals surface area contributed by atoms with E-state index in [9.17, 15) is 0 Å². The Bertz CT molecular complexity index is 2010. The molecular formula is C43H39N3. The van der Waals surface area contributed by atoms with Crippen molar-refractivity contribution in [1.82, 2.24) is 5.01 Å². The van der Waals surface area contributed by atoms with Crippen molar-refractivity contribution in [1.29, 1.82) is 0 Å². The second-order valence-electron chi connectivity index (χ2n) is 12.6. The lowest BCUT2D eigenvalue weighted by Gasteiger charge is -2.23. The Morgan fingerprint density at radius 1 is 0.630 bits per heavy atom. The highest BCUT2D eigenvalue weighted by Gasteiger charge is 2.35. The molecule has 1 aliphatic rings. The number of hydrogen-bond donors (Lipinski definition) is 2. The minimum atomic E-state index is -0.00332. The number of para-hydroxylation sites is 1. The van der Waals surface area contributed by atoms with Gasteiger partial charge in [0.15, 0.2) is 0 Å². The zero-order valence-electron chi connectivity index (χ0n) is 26.4. The van der Waals surface area contributed by atoms with E-state index >= 15 is 0 Å². The van der Waals surface area contributed by atoms with Crippen LogP contribution in [0.2, 0.25) is 0 Å². The molecule has 0 saturated carbocycles. The van der Waals surface area contributed by atoms with Crippen molar-refractivity contribution in [2.24, 2.45) is 5.84 Å². The van der Waals surface area contributed by atoms with E-state index in [4.69, 9.17) is 5.84 Å². The molecule has 3 heteroatoms. The molecule has 0 fully saturated rings. The van der Waals surface area contributed by atoms with Crippen molar-refractivity contribution in [3.8, 4) is 22.3 Å². The molecule has 0 unspecified atom stereocenters. The molecule has 226 valence electrons. The second kappa shape index (κ2) is 12.5. The fourth-order valence-corrected chi connectivity index (χ4v) is 6.75. The van der Waals surface area contributed by atoms with Crippen LogP contribution in [0.25, 0.3) is 28.0 Å². The Hall–Kier alpha value is -5.38. The maximum absolute atomic E-state index is 6.79. The largest absolute Gasteiger partial charge is 0.355 e. The third-order valence-electron chi connectivity index (χ3n) is 9.13. The summed E-state index contributed by atoms with van der Waals surface area (Å²) in [5.74, 6) is 6.79. The van der Waals surface area contributed by atoms with Gasteiger partial charge < -0.3 is 10.3 Å². The fraction of sp³-hybridized carbons (Fsp3) is 0.116. The van der Waals surface area contributed by atoms with Crippen LogP contribution in [-0.4, -0.2) is 5.01 Å². The van der Waals surface area contributed by atoms with Gasteiger partial charge in [-0.25, -0.2) is 5.84 Å². The lowest BCUT2D eigenvalue weighted by molar-refractivity contribution is 0.409. The van der Waals surface area contributed by atoms with E-state index in [-0.39, 0.29) is 5.41 Å². The number of hydrogen-bond acceptors (Lipinski definition) is 3. The Labute approximate surface area is 272 Å². The van der Waals surface area contributed by atoms with Gasteiger partial charge in [0.2, 0.25) is 0 Å². The number of anilines is 2. The minimum Gasteiger partial charge on any atom is -0.355 e. The van der Waals surface area contributed by atoms with Crippen molar-refractivity contribution in [3.05, 3.63) is 186 Å². The predicted molar refractivity (Wildman–Crippen MR) is 193 cm³/mol. The van der Waals surface area contributed by atoms with Crippen LogP contribution >= 0.6 is 0 Å². The molecule has 6 aromatic rings. The maximum atomic E-state index is 6.79. The quantitative estimate of drug-likeness (QED) is 0.129. The Balaban J connectivity index is 1.14.